The number of amides is 1. The summed E-state index contributed by atoms with van der Waals surface area (Å²) in [6.07, 6.45) is 3.30. The van der Waals surface area contributed by atoms with Gasteiger partial charge in [0.15, 0.2) is 0 Å². The minimum absolute atomic E-state index is 0.00858. The fourth-order valence-electron chi connectivity index (χ4n) is 3.47. The van der Waals surface area contributed by atoms with Crippen LogP contribution in [0.1, 0.15) is 18.9 Å². The van der Waals surface area contributed by atoms with Crippen LogP contribution in [0.15, 0.2) is 59.5 Å². The van der Waals surface area contributed by atoms with E-state index in [1.807, 2.05) is 30.0 Å². The molecule has 1 amide bonds. The number of pyridine rings is 1. The molecule has 0 saturated carbocycles. The quantitative estimate of drug-likeness (QED) is 0.809. The molecule has 5 heteroatoms. The van der Waals surface area contributed by atoms with Crippen molar-refractivity contribution in [2.45, 2.75) is 38.5 Å². The van der Waals surface area contributed by atoms with Crippen LogP contribution in [0.25, 0.3) is 0 Å². The van der Waals surface area contributed by atoms with E-state index in [1.165, 1.54) is 16.2 Å². The van der Waals surface area contributed by atoms with Gasteiger partial charge in [0.25, 0.3) is 5.56 Å². The summed E-state index contributed by atoms with van der Waals surface area (Å²) in [6, 6.07) is 15.1. The van der Waals surface area contributed by atoms with E-state index in [-0.39, 0.29) is 30.2 Å². The maximum atomic E-state index is 12.8. The van der Waals surface area contributed by atoms with Crippen LogP contribution in [0, 0.1) is 0 Å². The lowest BCUT2D eigenvalue weighted by Gasteiger charge is -2.28. The first-order chi connectivity index (χ1) is 12.2. The lowest BCUT2D eigenvalue weighted by atomic mass is 10.0. The molecular weight excluding hydrogens is 316 g/mol. The van der Waals surface area contributed by atoms with Gasteiger partial charge in [-0.1, -0.05) is 36.4 Å². The Morgan fingerprint density at radius 1 is 1.16 bits per heavy atom. The van der Waals surface area contributed by atoms with Crippen molar-refractivity contribution in [3.05, 3.63) is 70.6 Å². The van der Waals surface area contributed by atoms with Gasteiger partial charge in [-0.05, 0) is 31.4 Å². The maximum Gasteiger partial charge on any atom is 0.250 e. The Hall–Kier alpha value is -2.40. The number of carbonyl (C=O) groups excluding carboxylic acids is 1. The summed E-state index contributed by atoms with van der Waals surface area (Å²) in [5, 5.41) is 0. The summed E-state index contributed by atoms with van der Waals surface area (Å²) in [7, 11) is 0. The van der Waals surface area contributed by atoms with Crippen LogP contribution in [0.2, 0.25) is 0 Å². The van der Waals surface area contributed by atoms with E-state index < -0.39 is 0 Å². The summed E-state index contributed by atoms with van der Waals surface area (Å²) in [5.41, 5.74) is 1.03. The molecular formula is C20H24N2O3. The summed E-state index contributed by atoms with van der Waals surface area (Å²) < 4.78 is 7.33. The average molecular weight is 340 g/mol. The second-order valence-electron chi connectivity index (χ2n) is 6.29. The van der Waals surface area contributed by atoms with E-state index in [9.17, 15) is 9.59 Å². The van der Waals surface area contributed by atoms with Crippen molar-refractivity contribution in [3.8, 4) is 0 Å². The van der Waals surface area contributed by atoms with Crippen molar-refractivity contribution in [1.82, 2.24) is 9.47 Å². The van der Waals surface area contributed by atoms with E-state index in [0.29, 0.717) is 13.2 Å². The second kappa shape index (κ2) is 8.12. The molecule has 0 aliphatic carbocycles. The van der Waals surface area contributed by atoms with Gasteiger partial charge in [0.1, 0.15) is 6.54 Å². The zero-order valence-corrected chi connectivity index (χ0v) is 14.5. The first kappa shape index (κ1) is 17.4. The van der Waals surface area contributed by atoms with Crippen molar-refractivity contribution < 1.29 is 9.53 Å². The highest BCUT2D eigenvalue weighted by Gasteiger charge is 2.37. The summed E-state index contributed by atoms with van der Waals surface area (Å²) >= 11 is 0. The highest BCUT2D eigenvalue weighted by molar-refractivity contribution is 5.76. The second-order valence-corrected chi connectivity index (χ2v) is 6.29. The average Bonchev–Trinajstić information content (AvgIpc) is 3.01. The molecule has 1 fully saturated rings. The van der Waals surface area contributed by atoms with Crippen molar-refractivity contribution >= 4 is 5.91 Å². The van der Waals surface area contributed by atoms with Crippen LogP contribution >= 0.6 is 0 Å². The molecule has 1 aromatic heterocycles. The van der Waals surface area contributed by atoms with Crippen LogP contribution in [0.4, 0.5) is 0 Å². The molecule has 1 aliphatic heterocycles. The molecule has 1 aliphatic rings. The minimum Gasteiger partial charge on any atom is -0.376 e. The normalized spacial score (nSPS) is 20.0. The van der Waals surface area contributed by atoms with Crippen LogP contribution in [0.3, 0.4) is 0 Å². The van der Waals surface area contributed by atoms with Gasteiger partial charge in [0, 0.05) is 25.4 Å². The summed E-state index contributed by atoms with van der Waals surface area (Å²) in [5.74, 6) is -0.0311. The Kier molecular flexibility index (Phi) is 5.66. The number of ether oxygens (including phenoxy) is 1. The molecule has 2 aromatic rings. The monoisotopic (exact) mass is 340 g/mol. The molecule has 5 nitrogen and oxygen atoms in total. The number of nitrogens with zero attached hydrogens (tertiary/aromatic N) is 2. The molecule has 0 radical (unpaired) electrons. The van der Waals surface area contributed by atoms with E-state index in [4.69, 9.17) is 4.74 Å². The largest absolute Gasteiger partial charge is 0.376 e. The molecule has 0 spiro atoms. The zero-order valence-electron chi connectivity index (χ0n) is 14.5. The van der Waals surface area contributed by atoms with Crippen molar-refractivity contribution in [3.63, 3.8) is 0 Å². The van der Waals surface area contributed by atoms with Crippen LogP contribution in [-0.2, 0) is 22.5 Å². The van der Waals surface area contributed by atoms with Gasteiger partial charge in [-0.2, -0.15) is 0 Å². The van der Waals surface area contributed by atoms with Gasteiger partial charge in [0.2, 0.25) is 5.91 Å². The van der Waals surface area contributed by atoms with Crippen LogP contribution in [0.5, 0.6) is 0 Å². The standard InChI is InChI=1S/C20H24N2O3/c1-2-25-18-11-13-22(17(18)14-16-8-4-3-5-9-16)20(24)15-21-12-7-6-10-19(21)23/h3-10,12,17-18H,2,11,13-15H2,1H3/t17-,18-/m0/s1. The molecule has 2 heterocycles. The van der Waals surface area contributed by atoms with Crippen LogP contribution < -0.4 is 5.56 Å². The molecule has 2 atom stereocenters. The van der Waals surface area contributed by atoms with E-state index >= 15 is 0 Å². The van der Waals surface area contributed by atoms with E-state index in [1.54, 1.807) is 18.3 Å². The third-order valence-electron chi connectivity index (χ3n) is 4.68. The molecule has 0 unspecified atom stereocenters. The first-order valence-electron chi connectivity index (χ1n) is 8.79. The fraction of sp³-hybridized carbons (Fsp3) is 0.400. The number of benzene rings is 1. The smallest absolute Gasteiger partial charge is 0.250 e. The Morgan fingerprint density at radius 3 is 2.64 bits per heavy atom. The first-order valence-corrected chi connectivity index (χ1v) is 8.79. The van der Waals surface area contributed by atoms with Gasteiger partial charge in [-0.25, -0.2) is 0 Å². The SMILES string of the molecule is CCO[C@H]1CCN(C(=O)Cn2ccccc2=O)[C@H]1Cc1ccccc1. The van der Waals surface area contributed by atoms with Gasteiger partial charge < -0.3 is 14.2 Å². The lowest BCUT2D eigenvalue weighted by molar-refractivity contribution is -0.134. The van der Waals surface area contributed by atoms with Gasteiger partial charge >= 0.3 is 0 Å². The number of hydrogen-bond donors (Lipinski definition) is 0. The minimum atomic E-state index is -0.156. The molecule has 3 rings (SSSR count). The highest BCUT2D eigenvalue weighted by atomic mass is 16.5. The van der Waals surface area contributed by atoms with Gasteiger partial charge in [-0.3, -0.25) is 9.59 Å². The van der Waals surface area contributed by atoms with E-state index in [0.717, 1.165) is 12.8 Å². The van der Waals surface area contributed by atoms with Crippen LogP contribution in [-0.4, -0.2) is 40.7 Å². The zero-order chi connectivity index (χ0) is 17.6. The number of likely N-dealkylation sites (tertiary alicyclic amines) is 1. The molecule has 132 valence electrons. The molecule has 0 bridgehead atoms. The molecule has 1 aromatic carbocycles. The number of hydrogen-bond acceptors (Lipinski definition) is 3. The Bertz CT molecular complexity index is 757. The highest BCUT2D eigenvalue weighted by Crippen LogP contribution is 2.25. The number of carbonyl (C=O) groups is 1. The topological polar surface area (TPSA) is 51.5 Å². The Labute approximate surface area is 147 Å². The molecule has 1 saturated heterocycles. The molecule has 0 N–H and O–H groups in total. The summed E-state index contributed by atoms with van der Waals surface area (Å²) in [6.45, 7) is 3.36. The molecule has 25 heavy (non-hydrogen) atoms. The number of rotatable bonds is 6. The predicted octanol–water partition coefficient (Wildman–Crippen LogP) is 2.10. The van der Waals surface area contributed by atoms with Crippen molar-refractivity contribution in [1.29, 1.82) is 0 Å². The van der Waals surface area contributed by atoms with E-state index in [2.05, 4.69) is 12.1 Å². The number of aromatic nitrogens is 1. The predicted molar refractivity (Wildman–Crippen MR) is 96.4 cm³/mol. The van der Waals surface area contributed by atoms with Crippen molar-refractivity contribution in [2.75, 3.05) is 13.2 Å². The summed E-state index contributed by atoms with van der Waals surface area (Å²) in [4.78, 5) is 26.6. The fourth-order valence-corrected chi connectivity index (χ4v) is 3.47. The van der Waals surface area contributed by atoms with Gasteiger partial charge in [-0.15, -0.1) is 0 Å². The third-order valence-corrected chi connectivity index (χ3v) is 4.68. The maximum absolute atomic E-state index is 12.8. The third kappa shape index (κ3) is 4.17. The van der Waals surface area contributed by atoms with Gasteiger partial charge in [0.05, 0.1) is 12.1 Å². The van der Waals surface area contributed by atoms with Crippen molar-refractivity contribution in [2.24, 2.45) is 0 Å². The lowest BCUT2D eigenvalue weighted by Crippen LogP contribution is -2.44. The Balaban J connectivity index is 1.76. The Morgan fingerprint density at radius 2 is 1.92 bits per heavy atom.